The molecule has 3 heterocycles. The molecule has 0 atom stereocenters. The van der Waals surface area contributed by atoms with Crippen molar-refractivity contribution < 1.29 is 24.1 Å². The highest BCUT2D eigenvalue weighted by Gasteiger charge is 2.31. The topological polar surface area (TPSA) is 224 Å². The van der Waals surface area contributed by atoms with Crippen LogP contribution in [0.1, 0.15) is 37.9 Å². The molecule has 3 aromatic heterocycles. The number of hydrogen-bond donors (Lipinski definition) is 6. The standard InChI is InChI=1S/C22H26N10O6/c1-29-8-12(26-11-33)6-16(29)21(35)28-14-10-31(3)19(18(14)32(37)38)22(36)27-13-7-15(30(2)9-13)20(34)25-5-4-17(23)24/h6-11H,4-5H2,1-3H3,(H3,23,24)(H,25,34)(H,26,33)(H,27,36)(H,28,35). The van der Waals surface area contributed by atoms with Gasteiger partial charge in [0, 0.05) is 52.7 Å². The third-order valence-corrected chi connectivity index (χ3v) is 5.44. The average molecular weight is 527 g/mol. The van der Waals surface area contributed by atoms with Gasteiger partial charge in [-0.25, -0.2) is 0 Å². The Balaban J connectivity index is 1.82. The molecule has 0 bridgehead atoms. The molecule has 200 valence electrons. The van der Waals surface area contributed by atoms with Gasteiger partial charge in [-0.05, 0) is 12.1 Å². The number of nitro groups is 1. The van der Waals surface area contributed by atoms with Gasteiger partial charge in [0.05, 0.1) is 22.1 Å². The molecule has 38 heavy (non-hydrogen) atoms. The van der Waals surface area contributed by atoms with Gasteiger partial charge in [-0.1, -0.05) is 0 Å². The zero-order chi connectivity index (χ0) is 28.1. The molecule has 0 aliphatic rings. The summed E-state index contributed by atoms with van der Waals surface area (Å²) in [6.45, 7) is 0.156. The average Bonchev–Trinajstić information content (AvgIpc) is 3.47. The van der Waals surface area contributed by atoms with E-state index < -0.39 is 28.3 Å². The van der Waals surface area contributed by atoms with Crippen LogP contribution >= 0.6 is 0 Å². The van der Waals surface area contributed by atoms with E-state index in [0.717, 1.165) is 0 Å². The van der Waals surface area contributed by atoms with Crippen molar-refractivity contribution >= 4 is 52.7 Å². The summed E-state index contributed by atoms with van der Waals surface area (Å²) in [7, 11) is 4.54. The molecule has 3 aromatic rings. The molecule has 4 amide bonds. The Morgan fingerprint density at radius 3 is 2.18 bits per heavy atom. The van der Waals surface area contributed by atoms with Crippen LogP contribution < -0.4 is 27.0 Å². The van der Waals surface area contributed by atoms with E-state index in [9.17, 15) is 29.3 Å². The highest BCUT2D eigenvalue weighted by molar-refractivity contribution is 6.11. The first kappa shape index (κ1) is 27.2. The lowest BCUT2D eigenvalue weighted by Crippen LogP contribution is -2.28. The SMILES string of the molecule is Cn1cc(NC(=O)c2c([N+](=O)[O-])c(NC(=O)c3cc(NC=O)cn3C)cn2C)cc1C(=O)NCCC(=N)N. The number of aromatic nitrogens is 3. The fourth-order valence-electron chi connectivity index (χ4n) is 3.73. The Labute approximate surface area is 215 Å². The second-order valence-electron chi connectivity index (χ2n) is 8.26. The lowest BCUT2D eigenvalue weighted by atomic mass is 10.3. The highest BCUT2D eigenvalue weighted by Crippen LogP contribution is 2.32. The van der Waals surface area contributed by atoms with Gasteiger partial charge in [0.25, 0.3) is 17.7 Å². The van der Waals surface area contributed by atoms with Crippen molar-refractivity contribution in [3.05, 3.63) is 57.9 Å². The molecule has 0 spiro atoms. The minimum atomic E-state index is -0.842. The number of aryl methyl sites for hydroxylation is 3. The molecular formula is C22H26N10O6. The number of hydrogen-bond acceptors (Lipinski definition) is 7. The zero-order valence-corrected chi connectivity index (χ0v) is 20.7. The summed E-state index contributed by atoms with van der Waals surface area (Å²) in [4.78, 5) is 60.0. The van der Waals surface area contributed by atoms with Crippen molar-refractivity contribution in [2.24, 2.45) is 26.9 Å². The summed E-state index contributed by atoms with van der Waals surface area (Å²) in [6.07, 6.45) is 4.80. The number of amidine groups is 1. The molecule has 3 rings (SSSR count). The van der Waals surface area contributed by atoms with Crippen LogP contribution in [0.5, 0.6) is 0 Å². The molecule has 0 aliphatic carbocycles. The first-order valence-corrected chi connectivity index (χ1v) is 11.0. The molecular weight excluding hydrogens is 500 g/mol. The lowest BCUT2D eigenvalue weighted by molar-refractivity contribution is -0.384. The van der Waals surface area contributed by atoms with Crippen LogP contribution in [0.3, 0.4) is 0 Å². The summed E-state index contributed by atoms with van der Waals surface area (Å²) in [5.41, 5.74) is 4.96. The quantitative estimate of drug-likeness (QED) is 0.0690. The summed E-state index contributed by atoms with van der Waals surface area (Å²) < 4.78 is 4.08. The number of amides is 4. The van der Waals surface area contributed by atoms with E-state index in [1.165, 1.54) is 51.5 Å². The second-order valence-corrected chi connectivity index (χ2v) is 8.26. The predicted molar refractivity (Wildman–Crippen MR) is 137 cm³/mol. The summed E-state index contributed by atoms with van der Waals surface area (Å²) in [6, 6.07) is 2.77. The van der Waals surface area contributed by atoms with Crippen LogP contribution in [0.2, 0.25) is 0 Å². The molecule has 0 radical (unpaired) electrons. The van der Waals surface area contributed by atoms with Crippen molar-refractivity contribution in [2.45, 2.75) is 6.42 Å². The summed E-state index contributed by atoms with van der Waals surface area (Å²) in [5.74, 6) is -2.08. The Hall–Kier alpha value is -5.41. The maximum Gasteiger partial charge on any atom is 0.323 e. The maximum absolute atomic E-state index is 13.1. The van der Waals surface area contributed by atoms with Crippen molar-refractivity contribution in [1.82, 2.24) is 19.0 Å². The number of nitrogens with zero attached hydrogens (tertiary/aromatic N) is 4. The second kappa shape index (κ2) is 11.1. The molecule has 0 saturated heterocycles. The number of nitrogens with two attached hydrogens (primary N) is 1. The van der Waals surface area contributed by atoms with Gasteiger partial charge in [0.1, 0.15) is 17.1 Å². The van der Waals surface area contributed by atoms with E-state index in [4.69, 9.17) is 11.1 Å². The van der Waals surface area contributed by atoms with Gasteiger partial charge in [-0.3, -0.25) is 34.7 Å². The van der Waals surface area contributed by atoms with Crippen LogP contribution in [-0.2, 0) is 25.9 Å². The third-order valence-electron chi connectivity index (χ3n) is 5.44. The van der Waals surface area contributed by atoms with Crippen molar-refractivity contribution in [1.29, 1.82) is 5.41 Å². The fraction of sp³-hybridized carbons (Fsp3) is 0.227. The Kier molecular flexibility index (Phi) is 7.94. The molecule has 0 unspecified atom stereocenters. The van der Waals surface area contributed by atoms with Gasteiger partial charge in [-0.15, -0.1) is 0 Å². The lowest BCUT2D eigenvalue weighted by Gasteiger charge is -2.05. The van der Waals surface area contributed by atoms with Crippen molar-refractivity contribution in [3.8, 4) is 0 Å². The van der Waals surface area contributed by atoms with E-state index in [-0.39, 0.29) is 47.3 Å². The number of rotatable bonds is 11. The van der Waals surface area contributed by atoms with Gasteiger partial charge in [0.15, 0.2) is 5.69 Å². The Morgan fingerprint density at radius 1 is 0.974 bits per heavy atom. The van der Waals surface area contributed by atoms with E-state index in [1.54, 1.807) is 14.1 Å². The van der Waals surface area contributed by atoms with Crippen LogP contribution in [0, 0.1) is 15.5 Å². The monoisotopic (exact) mass is 526 g/mol. The van der Waals surface area contributed by atoms with Gasteiger partial charge < -0.3 is 40.7 Å². The first-order valence-electron chi connectivity index (χ1n) is 11.0. The molecule has 0 aromatic carbocycles. The highest BCUT2D eigenvalue weighted by atomic mass is 16.6. The first-order chi connectivity index (χ1) is 17.9. The number of nitrogens with one attached hydrogen (secondary N) is 5. The summed E-state index contributed by atoms with van der Waals surface area (Å²) in [5, 5.41) is 29.1. The smallest absolute Gasteiger partial charge is 0.323 e. The largest absolute Gasteiger partial charge is 0.388 e. The van der Waals surface area contributed by atoms with E-state index in [1.807, 2.05) is 0 Å². The van der Waals surface area contributed by atoms with Crippen LogP contribution in [-0.4, -0.2) is 55.1 Å². The van der Waals surface area contributed by atoms with Gasteiger partial charge >= 0.3 is 5.69 Å². The van der Waals surface area contributed by atoms with E-state index >= 15 is 0 Å². The maximum atomic E-state index is 13.1. The molecule has 16 heteroatoms. The van der Waals surface area contributed by atoms with Crippen LogP contribution in [0.4, 0.5) is 22.7 Å². The Bertz CT molecular complexity index is 1450. The van der Waals surface area contributed by atoms with Crippen LogP contribution in [0.25, 0.3) is 0 Å². The van der Waals surface area contributed by atoms with Crippen molar-refractivity contribution in [3.63, 3.8) is 0 Å². The summed E-state index contributed by atoms with van der Waals surface area (Å²) >= 11 is 0. The van der Waals surface area contributed by atoms with Gasteiger partial charge in [-0.2, -0.15) is 0 Å². The fourth-order valence-corrected chi connectivity index (χ4v) is 3.73. The molecule has 16 nitrogen and oxygen atoms in total. The van der Waals surface area contributed by atoms with E-state index in [2.05, 4.69) is 21.3 Å². The van der Waals surface area contributed by atoms with Crippen molar-refractivity contribution in [2.75, 3.05) is 22.5 Å². The molecule has 0 fully saturated rings. The Morgan fingerprint density at radius 2 is 1.58 bits per heavy atom. The molecule has 0 saturated carbocycles. The number of anilines is 3. The third kappa shape index (κ3) is 5.86. The molecule has 0 aliphatic heterocycles. The predicted octanol–water partition coefficient (Wildman–Crippen LogP) is 0.739. The zero-order valence-electron chi connectivity index (χ0n) is 20.7. The normalized spacial score (nSPS) is 10.5. The molecule has 7 N–H and O–H groups in total. The number of carbonyl (C=O) groups excluding carboxylic acids is 4. The number of carbonyl (C=O) groups is 4. The van der Waals surface area contributed by atoms with Crippen LogP contribution in [0.15, 0.2) is 30.7 Å². The minimum Gasteiger partial charge on any atom is -0.388 e. The van der Waals surface area contributed by atoms with E-state index in [0.29, 0.717) is 12.1 Å². The minimum absolute atomic E-state index is 0.0758. The van der Waals surface area contributed by atoms with Gasteiger partial charge in [0.2, 0.25) is 6.41 Å².